The highest BCUT2D eigenvalue weighted by Gasteiger charge is 2.17. The predicted octanol–water partition coefficient (Wildman–Crippen LogP) is 1.04. The average molecular weight is 282 g/mol. The van der Waals surface area contributed by atoms with Gasteiger partial charge in [-0.05, 0) is 12.1 Å². The summed E-state index contributed by atoms with van der Waals surface area (Å²) in [7, 11) is -3.21. The fourth-order valence-electron chi connectivity index (χ4n) is 1.62. The van der Waals surface area contributed by atoms with E-state index in [-0.39, 0.29) is 12.3 Å². The summed E-state index contributed by atoms with van der Waals surface area (Å²) in [6.45, 7) is 4.88. The van der Waals surface area contributed by atoms with Crippen molar-refractivity contribution in [1.29, 1.82) is 5.26 Å². The van der Waals surface area contributed by atoms with Gasteiger partial charge in [-0.15, -0.1) is 0 Å². The van der Waals surface area contributed by atoms with E-state index in [0.717, 1.165) is 0 Å². The molecule has 1 rings (SSSR count). The Bertz CT molecular complexity index is 530. The van der Waals surface area contributed by atoms with Crippen molar-refractivity contribution >= 4 is 15.8 Å². The molecule has 1 N–H and O–H groups in total. The average Bonchev–Trinajstić information content (AvgIpc) is 2.40. The molecule has 0 radical (unpaired) electrons. The van der Waals surface area contributed by atoms with Crippen molar-refractivity contribution in [3.63, 3.8) is 0 Å². The monoisotopic (exact) mass is 282 g/mol. The van der Waals surface area contributed by atoms with Crippen LogP contribution >= 0.6 is 0 Å². The molecule has 104 valence electrons. The van der Waals surface area contributed by atoms with Crippen molar-refractivity contribution in [1.82, 2.24) is 9.29 Å². The Morgan fingerprint density at radius 3 is 2.53 bits per heavy atom. The summed E-state index contributed by atoms with van der Waals surface area (Å²) in [5, 5.41) is 11.6. The predicted molar refractivity (Wildman–Crippen MR) is 74.1 cm³/mol. The molecule has 19 heavy (non-hydrogen) atoms. The molecule has 7 heteroatoms. The largest absolute Gasteiger partial charge is 0.369 e. The second-order valence-electron chi connectivity index (χ2n) is 3.87. The number of hydrogen-bond acceptors (Lipinski definition) is 5. The zero-order chi connectivity index (χ0) is 14.3. The zero-order valence-electron chi connectivity index (χ0n) is 11.1. The SMILES string of the molecule is CCN(CC)S(=O)(=O)CCNc1ccc(C#N)cn1. The quantitative estimate of drug-likeness (QED) is 0.807. The Morgan fingerprint density at radius 2 is 2.05 bits per heavy atom. The summed E-state index contributed by atoms with van der Waals surface area (Å²) in [5.74, 6) is 0.588. The number of pyridine rings is 1. The first kappa shape index (κ1) is 15.4. The van der Waals surface area contributed by atoms with Crippen LogP contribution < -0.4 is 5.32 Å². The summed E-state index contributed by atoms with van der Waals surface area (Å²) in [4.78, 5) is 4.01. The van der Waals surface area contributed by atoms with E-state index < -0.39 is 10.0 Å². The summed E-state index contributed by atoms with van der Waals surface area (Å²) < 4.78 is 25.2. The highest BCUT2D eigenvalue weighted by molar-refractivity contribution is 7.89. The molecule has 0 fully saturated rings. The fraction of sp³-hybridized carbons (Fsp3) is 0.500. The van der Waals surface area contributed by atoms with E-state index in [2.05, 4.69) is 10.3 Å². The molecule has 0 aliphatic carbocycles. The van der Waals surface area contributed by atoms with Gasteiger partial charge in [-0.25, -0.2) is 17.7 Å². The van der Waals surface area contributed by atoms with Crippen LogP contribution in [-0.2, 0) is 10.0 Å². The van der Waals surface area contributed by atoms with Gasteiger partial charge in [0, 0.05) is 25.8 Å². The van der Waals surface area contributed by atoms with Crippen LogP contribution in [0, 0.1) is 11.3 Å². The van der Waals surface area contributed by atoms with Crippen LogP contribution in [0.4, 0.5) is 5.82 Å². The number of anilines is 1. The van der Waals surface area contributed by atoms with Crippen molar-refractivity contribution in [2.24, 2.45) is 0 Å². The minimum absolute atomic E-state index is 0.0242. The smallest absolute Gasteiger partial charge is 0.215 e. The number of aromatic nitrogens is 1. The number of nitriles is 1. The topological polar surface area (TPSA) is 86.1 Å². The Kier molecular flexibility index (Phi) is 5.73. The van der Waals surface area contributed by atoms with Crippen molar-refractivity contribution in [2.75, 3.05) is 30.7 Å². The van der Waals surface area contributed by atoms with Gasteiger partial charge in [0.1, 0.15) is 11.9 Å². The van der Waals surface area contributed by atoms with Gasteiger partial charge in [0.2, 0.25) is 10.0 Å². The van der Waals surface area contributed by atoms with Crippen LogP contribution in [0.3, 0.4) is 0 Å². The van der Waals surface area contributed by atoms with E-state index in [1.165, 1.54) is 10.5 Å². The molecular weight excluding hydrogens is 264 g/mol. The lowest BCUT2D eigenvalue weighted by Crippen LogP contribution is -2.34. The maximum atomic E-state index is 11.9. The lowest BCUT2D eigenvalue weighted by molar-refractivity contribution is 0.446. The van der Waals surface area contributed by atoms with Crippen LogP contribution in [0.5, 0.6) is 0 Å². The number of hydrogen-bond donors (Lipinski definition) is 1. The highest BCUT2D eigenvalue weighted by Crippen LogP contribution is 2.05. The van der Waals surface area contributed by atoms with Crippen molar-refractivity contribution < 1.29 is 8.42 Å². The van der Waals surface area contributed by atoms with Crippen LogP contribution in [0.15, 0.2) is 18.3 Å². The van der Waals surface area contributed by atoms with Gasteiger partial charge in [-0.1, -0.05) is 13.8 Å². The normalized spacial score (nSPS) is 11.3. The van der Waals surface area contributed by atoms with Gasteiger partial charge in [-0.3, -0.25) is 0 Å². The molecule has 0 aliphatic rings. The molecule has 0 atom stereocenters. The molecule has 0 saturated heterocycles. The van der Waals surface area contributed by atoms with E-state index in [0.29, 0.717) is 24.5 Å². The first-order valence-electron chi connectivity index (χ1n) is 6.11. The van der Waals surface area contributed by atoms with E-state index in [1.807, 2.05) is 19.9 Å². The first-order chi connectivity index (χ1) is 9.03. The lowest BCUT2D eigenvalue weighted by atomic mass is 10.3. The van der Waals surface area contributed by atoms with Crippen LogP contribution in [-0.4, -0.2) is 43.1 Å². The number of nitrogens with zero attached hydrogens (tertiary/aromatic N) is 3. The van der Waals surface area contributed by atoms with Gasteiger partial charge in [-0.2, -0.15) is 5.26 Å². The highest BCUT2D eigenvalue weighted by atomic mass is 32.2. The summed E-state index contributed by atoms with van der Waals surface area (Å²) in [6.07, 6.45) is 1.45. The maximum absolute atomic E-state index is 11.9. The van der Waals surface area contributed by atoms with Crippen molar-refractivity contribution in [2.45, 2.75) is 13.8 Å². The van der Waals surface area contributed by atoms with Gasteiger partial charge < -0.3 is 5.32 Å². The molecule has 0 bridgehead atoms. The fourth-order valence-corrected chi connectivity index (χ4v) is 3.02. The van der Waals surface area contributed by atoms with E-state index >= 15 is 0 Å². The van der Waals surface area contributed by atoms with Crippen LogP contribution in [0.1, 0.15) is 19.4 Å². The van der Waals surface area contributed by atoms with Crippen LogP contribution in [0.2, 0.25) is 0 Å². The van der Waals surface area contributed by atoms with Crippen molar-refractivity contribution in [3.8, 4) is 6.07 Å². The third-order valence-electron chi connectivity index (χ3n) is 2.66. The third kappa shape index (κ3) is 4.50. The van der Waals surface area contributed by atoms with Crippen molar-refractivity contribution in [3.05, 3.63) is 23.9 Å². The molecular formula is C12H18N4O2S. The van der Waals surface area contributed by atoms with E-state index in [4.69, 9.17) is 5.26 Å². The van der Waals surface area contributed by atoms with Gasteiger partial charge in [0.05, 0.1) is 11.3 Å². The Morgan fingerprint density at radius 1 is 1.37 bits per heavy atom. The van der Waals surface area contributed by atoms with E-state index in [1.54, 1.807) is 12.1 Å². The first-order valence-corrected chi connectivity index (χ1v) is 7.72. The second kappa shape index (κ2) is 7.07. The standard InChI is InChI=1S/C12H18N4O2S/c1-3-16(4-2)19(17,18)8-7-14-12-6-5-11(9-13)10-15-12/h5-6,10H,3-4,7-8H2,1-2H3,(H,14,15). The third-order valence-corrected chi connectivity index (χ3v) is 4.68. The summed E-state index contributed by atoms with van der Waals surface area (Å²) in [6, 6.07) is 5.26. The molecule has 1 heterocycles. The van der Waals surface area contributed by atoms with Gasteiger partial charge in [0.15, 0.2) is 0 Å². The summed E-state index contributed by atoms with van der Waals surface area (Å²) in [5.41, 5.74) is 0.473. The molecule has 1 aromatic rings. The minimum Gasteiger partial charge on any atom is -0.369 e. The number of sulfonamides is 1. The van der Waals surface area contributed by atoms with Gasteiger partial charge >= 0.3 is 0 Å². The Hall–Kier alpha value is -1.65. The maximum Gasteiger partial charge on any atom is 0.215 e. The summed E-state index contributed by atoms with van der Waals surface area (Å²) >= 11 is 0. The van der Waals surface area contributed by atoms with E-state index in [9.17, 15) is 8.42 Å². The Labute approximate surface area is 114 Å². The molecule has 0 saturated carbocycles. The zero-order valence-corrected chi connectivity index (χ0v) is 11.9. The van der Waals surface area contributed by atoms with Gasteiger partial charge in [0.25, 0.3) is 0 Å². The molecule has 0 amide bonds. The molecule has 1 aromatic heterocycles. The molecule has 0 spiro atoms. The molecule has 0 aromatic carbocycles. The molecule has 6 nitrogen and oxygen atoms in total. The molecule has 0 unspecified atom stereocenters. The number of nitrogens with one attached hydrogen (secondary N) is 1. The minimum atomic E-state index is -3.21. The lowest BCUT2D eigenvalue weighted by Gasteiger charge is -2.18. The second-order valence-corrected chi connectivity index (χ2v) is 5.96. The molecule has 0 aliphatic heterocycles. The van der Waals surface area contributed by atoms with Crippen LogP contribution in [0.25, 0.3) is 0 Å². The number of rotatable bonds is 7. The Balaban J connectivity index is 2.52.